The van der Waals surface area contributed by atoms with Crippen molar-refractivity contribution in [1.82, 2.24) is 9.80 Å². The van der Waals surface area contributed by atoms with E-state index in [2.05, 4.69) is 17.9 Å². The minimum Gasteiger partial charge on any atom is -0.379 e. The molecule has 3 fully saturated rings. The van der Waals surface area contributed by atoms with Crippen LogP contribution in [0.5, 0.6) is 0 Å². The Kier molecular flexibility index (Phi) is 4.19. The summed E-state index contributed by atoms with van der Waals surface area (Å²) >= 11 is 0. The third-order valence-electron chi connectivity index (χ3n) is 5.56. The molecule has 0 unspecified atom stereocenters. The Morgan fingerprint density at radius 1 is 1.33 bits per heavy atom. The molecule has 5 heteroatoms. The molecule has 2 aliphatic heterocycles. The molecule has 0 spiro atoms. The van der Waals surface area contributed by atoms with E-state index in [1.54, 1.807) is 0 Å². The van der Waals surface area contributed by atoms with Gasteiger partial charge in [0.2, 0.25) is 5.91 Å². The number of nitrogens with zero attached hydrogens (tertiary/aromatic N) is 3. The lowest BCUT2D eigenvalue weighted by molar-refractivity contribution is -0.142. The van der Waals surface area contributed by atoms with Crippen LogP contribution in [-0.2, 0) is 9.53 Å². The van der Waals surface area contributed by atoms with Crippen LogP contribution in [0.15, 0.2) is 0 Å². The maximum Gasteiger partial charge on any atom is 0.243 e. The smallest absolute Gasteiger partial charge is 0.243 e. The van der Waals surface area contributed by atoms with E-state index in [0.29, 0.717) is 12.0 Å². The van der Waals surface area contributed by atoms with Crippen LogP contribution in [0.2, 0.25) is 0 Å². The number of hydrogen-bond donors (Lipinski definition) is 0. The predicted octanol–water partition coefficient (Wildman–Crippen LogP) is 1.25. The number of carbonyl (C=O) groups is 1. The maximum atomic E-state index is 12.7. The summed E-state index contributed by atoms with van der Waals surface area (Å²) in [4.78, 5) is 17.2. The molecule has 0 N–H and O–H groups in total. The largest absolute Gasteiger partial charge is 0.379 e. The minimum absolute atomic E-state index is 0.0884. The third-order valence-corrected chi connectivity index (χ3v) is 5.56. The zero-order valence-electron chi connectivity index (χ0n) is 12.9. The molecule has 2 heterocycles. The molecule has 3 aliphatic rings. The van der Waals surface area contributed by atoms with Gasteiger partial charge in [0.15, 0.2) is 0 Å². The number of amides is 1. The third kappa shape index (κ3) is 2.56. The summed E-state index contributed by atoms with van der Waals surface area (Å²) in [5, 5.41) is 9.38. The summed E-state index contributed by atoms with van der Waals surface area (Å²) in [6.45, 7) is 7.34. The quantitative estimate of drug-likeness (QED) is 0.785. The van der Waals surface area contributed by atoms with Gasteiger partial charge in [-0.05, 0) is 25.2 Å². The van der Waals surface area contributed by atoms with E-state index in [-0.39, 0.29) is 5.91 Å². The second kappa shape index (κ2) is 5.94. The second-order valence-electron chi connectivity index (χ2n) is 6.64. The Balaban J connectivity index is 1.69. The molecule has 5 nitrogen and oxygen atoms in total. The van der Waals surface area contributed by atoms with E-state index in [1.807, 2.05) is 4.90 Å². The SMILES string of the molecule is CC[C@@H]1CN(C(=O)C2(C#N)CCC2)C[C@H]1N1CCOCC1. The molecular weight excluding hydrogens is 266 g/mol. The molecule has 0 aromatic heterocycles. The number of ether oxygens (including phenoxy) is 1. The topological polar surface area (TPSA) is 56.6 Å². The highest BCUT2D eigenvalue weighted by Crippen LogP contribution is 2.43. The van der Waals surface area contributed by atoms with Crippen molar-refractivity contribution < 1.29 is 9.53 Å². The summed E-state index contributed by atoms with van der Waals surface area (Å²) in [5.41, 5.74) is -0.696. The molecule has 0 aromatic carbocycles. The fourth-order valence-corrected chi connectivity index (χ4v) is 3.95. The first-order valence-corrected chi connectivity index (χ1v) is 8.22. The van der Waals surface area contributed by atoms with E-state index in [0.717, 1.165) is 65.1 Å². The Morgan fingerprint density at radius 2 is 2.05 bits per heavy atom. The highest BCUT2D eigenvalue weighted by Gasteiger charge is 2.49. The summed E-state index contributed by atoms with van der Waals surface area (Å²) in [7, 11) is 0. The van der Waals surface area contributed by atoms with Gasteiger partial charge in [-0.3, -0.25) is 9.69 Å². The molecule has 2 saturated heterocycles. The lowest BCUT2D eigenvalue weighted by Crippen LogP contribution is -2.49. The Hall–Kier alpha value is -1.12. The van der Waals surface area contributed by atoms with Gasteiger partial charge >= 0.3 is 0 Å². The van der Waals surface area contributed by atoms with Crippen molar-refractivity contribution in [1.29, 1.82) is 5.26 Å². The summed E-state index contributed by atoms with van der Waals surface area (Å²) in [6, 6.07) is 2.74. The van der Waals surface area contributed by atoms with Crippen molar-refractivity contribution in [2.24, 2.45) is 11.3 Å². The Morgan fingerprint density at radius 3 is 2.57 bits per heavy atom. The number of carbonyl (C=O) groups excluding carboxylic acids is 1. The van der Waals surface area contributed by atoms with Crippen LogP contribution in [0, 0.1) is 22.7 Å². The first-order valence-electron chi connectivity index (χ1n) is 8.22. The average Bonchev–Trinajstić information content (AvgIpc) is 2.91. The van der Waals surface area contributed by atoms with Crippen molar-refractivity contribution in [2.45, 2.75) is 38.6 Å². The highest BCUT2D eigenvalue weighted by molar-refractivity contribution is 5.86. The molecule has 0 aromatic rings. The number of morpholine rings is 1. The van der Waals surface area contributed by atoms with E-state index in [9.17, 15) is 10.1 Å². The number of hydrogen-bond acceptors (Lipinski definition) is 4. The molecule has 0 radical (unpaired) electrons. The van der Waals surface area contributed by atoms with Crippen LogP contribution in [0.25, 0.3) is 0 Å². The van der Waals surface area contributed by atoms with Gasteiger partial charge < -0.3 is 9.64 Å². The van der Waals surface area contributed by atoms with Gasteiger partial charge in [-0.25, -0.2) is 0 Å². The zero-order chi connectivity index (χ0) is 14.9. The number of rotatable bonds is 3. The Bertz CT molecular complexity index is 435. The van der Waals surface area contributed by atoms with Crippen LogP contribution < -0.4 is 0 Å². The highest BCUT2D eigenvalue weighted by atomic mass is 16.5. The zero-order valence-corrected chi connectivity index (χ0v) is 12.9. The maximum absolute atomic E-state index is 12.7. The molecular formula is C16H25N3O2. The van der Waals surface area contributed by atoms with Crippen LogP contribution >= 0.6 is 0 Å². The summed E-state index contributed by atoms with van der Waals surface area (Å²) < 4.78 is 5.44. The van der Waals surface area contributed by atoms with E-state index < -0.39 is 5.41 Å². The van der Waals surface area contributed by atoms with Gasteiger partial charge in [0, 0.05) is 32.2 Å². The first kappa shape index (κ1) is 14.8. The lowest BCUT2D eigenvalue weighted by Gasteiger charge is -2.37. The number of likely N-dealkylation sites (tertiary alicyclic amines) is 1. The molecule has 2 atom stereocenters. The first-order chi connectivity index (χ1) is 10.2. The standard InChI is InChI=1S/C16H25N3O2/c1-2-13-10-19(15(20)16(12-17)4-3-5-16)11-14(13)18-6-8-21-9-7-18/h13-14H,2-11H2,1H3/t13-,14-/m1/s1. The molecule has 1 amide bonds. The van der Waals surface area contributed by atoms with Gasteiger partial charge in [-0.1, -0.05) is 13.3 Å². The molecule has 3 rings (SSSR count). The molecule has 1 saturated carbocycles. The molecule has 116 valence electrons. The molecule has 0 bridgehead atoms. The van der Waals surface area contributed by atoms with Gasteiger partial charge in [0.05, 0.1) is 19.3 Å². The van der Waals surface area contributed by atoms with Crippen LogP contribution in [0.3, 0.4) is 0 Å². The van der Waals surface area contributed by atoms with Crippen molar-refractivity contribution in [2.75, 3.05) is 39.4 Å². The minimum atomic E-state index is -0.696. The summed E-state index contributed by atoms with van der Waals surface area (Å²) in [6.07, 6.45) is 3.60. The van der Waals surface area contributed by atoms with Gasteiger partial charge in [0.1, 0.15) is 5.41 Å². The predicted molar refractivity (Wildman–Crippen MR) is 78.4 cm³/mol. The van der Waals surface area contributed by atoms with Crippen LogP contribution in [0.1, 0.15) is 32.6 Å². The molecule has 21 heavy (non-hydrogen) atoms. The normalized spacial score (nSPS) is 32.5. The van der Waals surface area contributed by atoms with Gasteiger partial charge in [-0.15, -0.1) is 0 Å². The average molecular weight is 291 g/mol. The fraction of sp³-hybridized carbons (Fsp3) is 0.875. The van der Waals surface area contributed by atoms with E-state index in [4.69, 9.17) is 4.74 Å². The Labute approximate surface area is 126 Å². The van der Waals surface area contributed by atoms with Crippen molar-refractivity contribution >= 4 is 5.91 Å². The van der Waals surface area contributed by atoms with E-state index >= 15 is 0 Å². The molecule has 1 aliphatic carbocycles. The summed E-state index contributed by atoms with van der Waals surface area (Å²) in [5.74, 6) is 0.619. The van der Waals surface area contributed by atoms with Gasteiger partial charge in [0.25, 0.3) is 0 Å². The van der Waals surface area contributed by atoms with Crippen molar-refractivity contribution in [3.05, 3.63) is 0 Å². The van der Waals surface area contributed by atoms with Crippen molar-refractivity contribution in [3.8, 4) is 6.07 Å². The second-order valence-corrected chi connectivity index (χ2v) is 6.64. The van der Waals surface area contributed by atoms with Crippen LogP contribution in [0.4, 0.5) is 0 Å². The van der Waals surface area contributed by atoms with E-state index in [1.165, 1.54) is 0 Å². The lowest BCUT2D eigenvalue weighted by atomic mass is 9.69. The number of nitriles is 1. The van der Waals surface area contributed by atoms with Crippen LogP contribution in [-0.4, -0.2) is 61.1 Å². The fourth-order valence-electron chi connectivity index (χ4n) is 3.95. The van der Waals surface area contributed by atoms with Gasteiger partial charge in [-0.2, -0.15) is 5.26 Å². The monoisotopic (exact) mass is 291 g/mol. The van der Waals surface area contributed by atoms with Crippen molar-refractivity contribution in [3.63, 3.8) is 0 Å².